The second kappa shape index (κ2) is 5.83. The van der Waals surface area contributed by atoms with Gasteiger partial charge in [0.15, 0.2) is 5.82 Å². The Morgan fingerprint density at radius 3 is 2.41 bits per heavy atom. The van der Waals surface area contributed by atoms with E-state index in [1.807, 2.05) is 0 Å². The van der Waals surface area contributed by atoms with Crippen molar-refractivity contribution >= 4 is 0 Å². The number of hydrogen-bond acceptors (Lipinski definition) is 4. The standard InChI is InChI=1S/C15H22F3N3O/c16-15(17,18)11-7-3-2-6-10(11)12-20-13(21-22-12)14(19)8-4-1-5-9-14/h10-11H,1-9,19H2. The summed E-state index contributed by atoms with van der Waals surface area (Å²) < 4.78 is 44.8. The molecular formula is C15H22F3N3O. The summed E-state index contributed by atoms with van der Waals surface area (Å²) in [5.41, 5.74) is 5.70. The molecule has 1 heterocycles. The van der Waals surface area contributed by atoms with E-state index in [4.69, 9.17) is 10.3 Å². The molecule has 0 saturated heterocycles. The fourth-order valence-electron chi connectivity index (χ4n) is 3.81. The minimum atomic E-state index is -4.22. The molecule has 2 atom stereocenters. The Kier molecular flexibility index (Phi) is 4.18. The van der Waals surface area contributed by atoms with Gasteiger partial charge in [-0.25, -0.2) is 0 Å². The van der Waals surface area contributed by atoms with Crippen LogP contribution in [0, 0.1) is 5.92 Å². The minimum absolute atomic E-state index is 0.118. The van der Waals surface area contributed by atoms with Crippen LogP contribution in [0.3, 0.4) is 0 Å². The van der Waals surface area contributed by atoms with E-state index in [0.29, 0.717) is 18.7 Å². The van der Waals surface area contributed by atoms with Crippen LogP contribution >= 0.6 is 0 Å². The first kappa shape index (κ1) is 15.8. The summed E-state index contributed by atoms with van der Waals surface area (Å²) in [5, 5.41) is 3.92. The van der Waals surface area contributed by atoms with Crippen molar-refractivity contribution in [3.63, 3.8) is 0 Å². The number of nitrogens with two attached hydrogens (primary N) is 1. The molecule has 1 aromatic rings. The molecule has 4 nitrogen and oxygen atoms in total. The predicted molar refractivity (Wildman–Crippen MR) is 74.0 cm³/mol. The van der Waals surface area contributed by atoms with Crippen LogP contribution in [0.15, 0.2) is 4.52 Å². The maximum Gasteiger partial charge on any atom is 0.392 e. The molecule has 2 fully saturated rings. The topological polar surface area (TPSA) is 64.9 Å². The largest absolute Gasteiger partial charge is 0.392 e. The summed E-state index contributed by atoms with van der Waals surface area (Å²) in [7, 11) is 0. The average molecular weight is 317 g/mol. The zero-order chi connectivity index (χ0) is 15.8. The summed E-state index contributed by atoms with van der Waals surface area (Å²) in [5.74, 6) is -1.60. The zero-order valence-corrected chi connectivity index (χ0v) is 12.5. The van der Waals surface area contributed by atoms with Crippen molar-refractivity contribution in [3.05, 3.63) is 11.7 Å². The first-order chi connectivity index (χ1) is 10.4. The Labute approximate surface area is 127 Å². The van der Waals surface area contributed by atoms with Crippen molar-refractivity contribution in [3.8, 4) is 0 Å². The van der Waals surface area contributed by atoms with Gasteiger partial charge < -0.3 is 10.3 Å². The van der Waals surface area contributed by atoms with Gasteiger partial charge in [-0.1, -0.05) is 37.3 Å². The number of halogens is 3. The van der Waals surface area contributed by atoms with E-state index in [0.717, 1.165) is 38.5 Å². The Morgan fingerprint density at radius 2 is 1.73 bits per heavy atom. The maximum absolute atomic E-state index is 13.2. The SMILES string of the molecule is NC1(c2noc(C3CCCCC3C(F)(F)F)n2)CCCCC1. The predicted octanol–water partition coefficient (Wildman–Crippen LogP) is 4.02. The smallest absolute Gasteiger partial charge is 0.339 e. The van der Waals surface area contributed by atoms with Crippen LogP contribution in [-0.2, 0) is 5.54 Å². The van der Waals surface area contributed by atoms with Gasteiger partial charge in [0.05, 0.1) is 11.5 Å². The van der Waals surface area contributed by atoms with Gasteiger partial charge >= 0.3 is 6.18 Å². The fourth-order valence-corrected chi connectivity index (χ4v) is 3.81. The lowest BCUT2D eigenvalue weighted by molar-refractivity contribution is -0.189. The second-order valence-electron chi connectivity index (χ2n) is 6.71. The summed E-state index contributed by atoms with van der Waals surface area (Å²) in [4.78, 5) is 4.29. The first-order valence-corrected chi connectivity index (χ1v) is 8.10. The van der Waals surface area contributed by atoms with Crippen LogP contribution in [0.1, 0.15) is 75.4 Å². The first-order valence-electron chi connectivity index (χ1n) is 8.10. The summed E-state index contributed by atoms with van der Waals surface area (Å²) >= 11 is 0. The van der Waals surface area contributed by atoms with E-state index in [-0.39, 0.29) is 12.3 Å². The number of hydrogen-bond donors (Lipinski definition) is 1. The lowest BCUT2D eigenvalue weighted by atomic mass is 9.78. The second-order valence-corrected chi connectivity index (χ2v) is 6.71. The minimum Gasteiger partial charge on any atom is -0.339 e. The van der Waals surface area contributed by atoms with E-state index in [1.165, 1.54) is 0 Å². The number of aromatic nitrogens is 2. The van der Waals surface area contributed by atoms with Gasteiger partial charge in [0.2, 0.25) is 5.89 Å². The molecule has 0 amide bonds. The van der Waals surface area contributed by atoms with Crippen LogP contribution in [0.5, 0.6) is 0 Å². The highest BCUT2D eigenvalue weighted by atomic mass is 19.4. The number of rotatable bonds is 2. The van der Waals surface area contributed by atoms with Gasteiger partial charge in [0, 0.05) is 5.92 Å². The molecule has 0 aliphatic heterocycles. The molecule has 0 spiro atoms. The highest BCUT2D eigenvalue weighted by Gasteiger charge is 2.48. The van der Waals surface area contributed by atoms with Crippen LogP contribution in [0.2, 0.25) is 0 Å². The molecule has 124 valence electrons. The number of nitrogens with zero attached hydrogens (tertiary/aromatic N) is 2. The third kappa shape index (κ3) is 3.00. The molecule has 0 bridgehead atoms. The third-order valence-electron chi connectivity index (χ3n) is 5.14. The Balaban J connectivity index is 1.82. The van der Waals surface area contributed by atoms with Crippen molar-refractivity contribution in [1.29, 1.82) is 0 Å². The van der Waals surface area contributed by atoms with Gasteiger partial charge in [0.1, 0.15) is 0 Å². The maximum atomic E-state index is 13.2. The summed E-state index contributed by atoms with van der Waals surface area (Å²) in [6.45, 7) is 0. The highest BCUT2D eigenvalue weighted by Crippen LogP contribution is 2.46. The van der Waals surface area contributed by atoms with Gasteiger partial charge in [-0.3, -0.25) is 0 Å². The van der Waals surface area contributed by atoms with Crippen molar-refractivity contribution in [2.45, 2.75) is 75.4 Å². The molecule has 7 heteroatoms. The van der Waals surface area contributed by atoms with E-state index in [9.17, 15) is 13.2 Å². The summed E-state index contributed by atoms with van der Waals surface area (Å²) in [6.07, 6.45) is 2.38. The Morgan fingerprint density at radius 1 is 1.05 bits per heavy atom. The number of alkyl halides is 3. The quantitative estimate of drug-likeness (QED) is 0.894. The molecule has 2 aliphatic carbocycles. The van der Waals surface area contributed by atoms with Gasteiger partial charge in [-0.2, -0.15) is 18.2 Å². The summed E-state index contributed by atoms with van der Waals surface area (Å²) in [6, 6.07) is 0. The van der Waals surface area contributed by atoms with Gasteiger partial charge in [-0.15, -0.1) is 0 Å². The Hall–Kier alpha value is -1.11. The van der Waals surface area contributed by atoms with Crippen LogP contribution in [0.4, 0.5) is 13.2 Å². The van der Waals surface area contributed by atoms with Crippen LogP contribution in [-0.4, -0.2) is 16.3 Å². The molecular weight excluding hydrogens is 295 g/mol. The highest BCUT2D eigenvalue weighted by molar-refractivity contribution is 5.08. The van der Waals surface area contributed by atoms with Crippen molar-refractivity contribution in [2.24, 2.45) is 11.7 Å². The Bertz CT molecular complexity index is 508. The van der Waals surface area contributed by atoms with Crippen LogP contribution < -0.4 is 5.73 Å². The molecule has 2 aliphatic rings. The zero-order valence-electron chi connectivity index (χ0n) is 12.5. The molecule has 2 unspecified atom stereocenters. The lowest BCUT2D eigenvalue weighted by Gasteiger charge is -2.31. The lowest BCUT2D eigenvalue weighted by Crippen LogP contribution is -2.39. The van der Waals surface area contributed by atoms with Crippen molar-refractivity contribution in [2.75, 3.05) is 0 Å². The van der Waals surface area contributed by atoms with E-state index in [2.05, 4.69) is 10.1 Å². The van der Waals surface area contributed by atoms with Gasteiger partial charge in [0.25, 0.3) is 0 Å². The molecule has 22 heavy (non-hydrogen) atoms. The molecule has 2 saturated carbocycles. The molecule has 0 radical (unpaired) electrons. The van der Waals surface area contributed by atoms with Crippen molar-refractivity contribution < 1.29 is 17.7 Å². The normalized spacial score (nSPS) is 29.5. The molecule has 2 N–H and O–H groups in total. The average Bonchev–Trinajstić information content (AvgIpc) is 2.98. The molecule has 3 rings (SSSR count). The van der Waals surface area contributed by atoms with Crippen molar-refractivity contribution in [1.82, 2.24) is 10.1 Å². The third-order valence-corrected chi connectivity index (χ3v) is 5.14. The monoisotopic (exact) mass is 317 g/mol. The van der Waals surface area contributed by atoms with E-state index >= 15 is 0 Å². The molecule has 0 aromatic carbocycles. The van der Waals surface area contributed by atoms with Gasteiger partial charge in [-0.05, 0) is 25.7 Å². The van der Waals surface area contributed by atoms with E-state index < -0.39 is 23.6 Å². The van der Waals surface area contributed by atoms with Crippen LogP contribution in [0.25, 0.3) is 0 Å². The molecule has 1 aromatic heterocycles. The van der Waals surface area contributed by atoms with E-state index in [1.54, 1.807) is 0 Å². The fraction of sp³-hybridized carbons (Fsp3) is 0.867.